The maximum Gasteiger partial charge on any atom is 0.213 e. The van der Waals surface area contributed by atoms with E-state index >= 15 is 0 Å². The average molecular weight is 286 g/mol. The third-order valence-electron chi connectivity index (χ3n) is 3.31. The first-order valence-corrected chi connectivity index (χ1v) is 8.47. The fraction of sp³-hybridized carbons (Fsp3) is 0.750. The van der Waals surface area contributed by atoms with Crippen LogP contribution in [0.25, 0.3) is 0 Å². The Labute approximate surface area is 114 Å². The lowest BCUT2D eigenvalue weighted by Crippen LogP contribution is -2.42. The molecule has 19 heavy (non-hydrogen) atoms. The predicted octanol–water partition coefficient (Wildman–Crippen LogP) is 0.335. The molecule has 7 heteroatoms. The molecular weight excluding hydrogens is 264 g/mol. The Kier molecular flexibility index (Phi) is 5.35. The third kappa shape index (κ3) is 5.30. The van der Waals surface area contributed by atoms with E-state index in [-0.39, 0.29) is 11.8 Å². The quantitative estimate of drug-likeness (QED) is 0.709. The first-order chi connectivity index (χ1) is 9.16. The van der Waals surface area contributed by atoms with Gasteiger partial charge in [0.2, 0.25) is 10.0 Å². The van der Waals surface area contributed by atoms with Gasteiger partial charge in [0.15, 0.2) is 0 Å². The van der Waals surface area contributed by atoms with Gasteiger partial charge in [0.1, 0.15) is 0 Å². The molecule has 2 heterocycles. The Balaban J connectivity index is 1.65. The topological polar surface area (TPSA) is 76.0 Å². The zero-order valence-corrected chi connectivity index (χ0v) is 11.9. The van der Waals surface area contributed by atoms with E-state index in [1.807, 2.05) is 10.8 Å². The average Bonchev–Trinajstić information content (AvgIpc) is 2.88. The van der Waals surface area contributed by atoms with E-state index in [1.165, 1.54) is 0 Å². The Hall–Kier alpha value is -0.920. The summed E-state index contributed by atoms with van der Waals surface area (Å²) in [6.07, 6.45) is 9.33. The normalized spacial score (nSPS) is 20.5. The highest BCUT2D eigenvalue weighted by molar-refractivity contribution is 7.89. The van der Waals surface area contributed by atoms with Gasteiger partial charge in [0.25, 0.3) is 0 Å². The number of sulfonamides is 1. The highest BCUT2D eigenvalue weighted by Gasteiger charge is 2.20. The van der Waals surface area contributed by atoms with E-state index in [0.717, 1.165) is 38.8 Å². The van der Waals surface area contributed by atoms with E-state index in [0.29, 0.717) is 6.54 Å². The molecule has 0 amide bonds. The maximum absolute atomic E-state index is 11.9. The molecule has 1 aliphatic rings. The molecule has 0 radical (unpaired) electrons. The molecule has 6 nitrogen and oxygen atoms in total. The van der Waals surface area contributed by atoms with E-state index in [2.05, 4.69) is 15.0 Å². The summed E-state index contributed by atoms with van der Waals surface area (Å²) in [4.78, 5) is 3.94. The summed E-state index contributed by atoms with van der Waals surface area (Å²) in [6, 6.07) is 0.111. The van der Waals surface area contributed by atoms with Gasteiger partial charge in [0.05, 0.1) is 12.1 Å². The van der Waals surface area contributed by atoms with Gasteiger partial charge in [-0.15, -0.1) is 0 Å². The summed E-state index contributed by atoms with van der Waals surface area (Å²) in [5, 5.41) is 3.26. The van der Waals surface area contributed by atoms with Crippen molar-refractivity contribution in [3.63, 3.8) is 0 Å². The van der Waals surface area contributed by atoms with Crippen LogP contribution < -0.4 is 10.0 Å². The van der Waals surface area contributed by atoms with Crippen molar-refractivity contribution in [1.29, 1.82) is 0 Å². The first kappa shape index (κ1) is 14.5. The van der Waals surface area contributed by atoms with Crippen molar-refractivity contribution in [3.05, 3.63) is 18.7 Å². The lowest BCUT2D eigenvalue weighted by molar-refractivity contribution is 0.422. The molecule has 0 saturated carbocycles. The number of imidazole rings is 1. The molecule has 108 valence electrons. The molecule has 2 rings (SSSR count). The van der Waals surface area contributed by atoms with E-state index in [4.69, 9.17) is 0 Å². The van der Waals surface area contributed by atoms with Gasteiger partial charge in [-0.1, -0.05) is 6.42 Å². The predicted molar refractivity (Wildman–Crippen MR) is 74.3 cm³/mol. The summed E-state index contributed by atoms with van der Waals surface area (Å²) >= 11 is 0. The van der Waals surface area contributed by atoms with Crippen LogP contribution in [0.3, 0.4) is 0 Å². The number of aryl methyl sites for hydroxylation is 1. The highest BCUT2D eigenvalue weighted by atomic mass is 32.2. The van der Waals surface area contributed by atoms with Crippen molar-refractivity contribution in [3.8, 4) is 0 Å². The van der Waals surface area contributed by atoms with Crippen LogP contribution in [0.4, 0.5) is 0 Å². The number of hydrogen-bond donors (Lipinski definition) is 2. The fourth-order valence-electron chi connectivity index (χ4n) is 2.30. The number of aromatic nitrogens is 2. The molecule has 0 aromatic carbocycles. The lowest BCUT2D eigenvalue weighted by atomic mass is 10.1. The second kappa shape index (κ2) is 7.02. The van der Waals surface area contributed by atoms with Crippen LogP contribution in [0.5, 0.6) is 0 Å². The standard InChI is InChI=1S/C12H22N4O2S/c17-19(18,10-12-4-1-2-5-14-12)15-6-3-8-16-9-7-13-11-16/h7,9,11-12,14-15H,1-6,8,10H2. The minimum absolute atomic E-state index is 0.111. The van der Waals surface area contributed by atoms with Crippen LogP contribution in [-0.2, 0) is 16.6 Å². The number of nitrogens with zero attached hydrogens (tertiary/aromatic N) is 2. The third-order valence-corrected chi connectivity index (χ3v) is 4.79. The van der Waals surface area contributed by atoms with Gasteiger partial charge in [-0.3, -0.25) is 0 Å². The van der Waals surface area contributed by atoms with Crippen LogP contribution in [-0.4, -0.2) is 42.9 Å². The van der Waals surface area contributed by atoms with E-state index in [1.54, 1.807) is 12.5 Å². The van der Waals surface area contributed by atoms with Gasteiger partial charge < -0.3 is 9.88 Å². The lowest BCUT2D eigenvalue weighted by Gasteiger charge is -2.23. The van der Waals surface area contributed by atoms with Crippen LogP contribution in [0.15, 0.2) is 18.7 Å². The van der Waals surface area contributed by atoms with Crippen LogP contribution >= 0.6 is 0 Å². The van der Waals surface area contributed by atoms with Crippen molar-refractivity contribution in [2.45, 2.75) is 38.3 Å². The summed E-state index contributed by atoms with van der Waals surface area (Å²) in [5.74, 6) is 0.193. The van der Waals surface area contributed by atoms with Crippen molar-refractivity contribution in [2.75, 3.05) is 18.8 Å². The molecule has 0 spiro atoms. The molecule has 1 unspecified atom stereocenters. The second-order valence-corrected chi connectivity index (χ2v) is 6.83. The molecule has 1 aliphatic heterocycles. The van der Waals surface area contributed by atoms with Crippen molar-refractivity contribution < 1.29 is 8.42 Å². The Morgan fingerprint density at radius 2 is 2.32 bits per heavy atom. The van der Waals surface area contributed by atoms with Crippen molar-refractivity contribution in [2.24, 2.45) is 0 Å². The Bertz CT molecular complexity index is 452. The van der Waals surface area contributed by atoms with Crippen molar-refractivity contribution in [1.82, 2.24) is 19.6 Å². The summed E-state index contributed by atoms with van der Waals surface area (Å²) in [7, 11) is -3.16. The highest BCUT2D eigenvalue weighted by Crippen LogP contribution is 2.08. The molecule has 1 atom stereocenters. The second-order valence-electron chi connectivity index (χ2n) is 4.98. The fourth-order valence-corrected chi connectivity index (χ4v) is 3.69. The van der Waals surface area contributed by atoms with Crippen LogP contribution in [0, 0.1) is 0 Å². The molecule has 1 saturated heterocycles. The van der Waals surface area contributed by atoms with Crippen LogP contribution in [0.1, 0.15) is 25.7 Å². The van der Waals surface area contributed by atoms with E-state index in [9.17, 15) is 8.42 Å². The first-order valence-electron chi connectivity index (χ1n) is 6.82. The molecule has 2 N–H and O–H groups in total. The van der Waals surface area contributed by atoms with Crippen LogP contribution in [0.2, 0.25) is 0 Å². The zero-order chi connectivity index (χ0) is 13.6. The largest absolute Gasteiger partial charge is 0.337 e. The summed E-state index contributed by atoms with van der Waals surface area (Å²) < 4.78 is 28.4. The van der Waals surface area contributed by atoms with Gasteiger partial charge in [-0.2, -0.15) is 0 Å². The molecule has 1 aromatic rings. The monoisotopic (exact) mass is 286 g/mol. The van der Waals surface area contributed by atoms with Crippen molar-refractivity contribution >= 4 is 10.0 Å². The minimum Gasteiger partial charge on any atom is -0.337 e. The van der Waals surface area contributed by atoms with Gasteiger partial charge in [-0.25, -0.2) is 18.1 Å². The number of hydrogen-bond acceptors (Lipinski definition) is 4. The molecular formula is C12H22N4O2S. The summed E-state index contributed by atoms with van der Waals surface area (Å²) in [5.41, 5.74) is 0. The molecule has 0 bridgehead atoms. The zero-order valence-electron chi connectivity index (χ0n) is 11.1. The van der Waals surface area contributed by atoms with E-state index < -0.39 is 10.0 Å². The smallest absolute Gasteiger partial charge is 0.213 e. The molecule has 0 aliphatic carbocycles. The summed E-state index contributed by atoms with van der Waals surface area (Å²) in [6.45, 7) is 2.19. The number of rotatable bonds is 7. The maximum atomic E-state index is 11.9. The number of nitrogens with one attached hydrogen (secondary N) is 2. The molecule has 1 fully saturated rings. The van der Waals surface area contributed by atoms with Gasteiger partial charge >= 0.3 is 0 Å². The Morgan fingerprint density at radius 3 is 3.00 bits per heavy atom. The number of piperidine rings is 1. The minimum atomic E-state index is -3.16. The Morgan fingerprint density at radius 1 is 1.42 bits per heavy atom. The van der Waals surface area contributed by atoms with Gasteiger partial charge in [-0.05, 0) is 25.8 Å². The SMILES string of the molecule is O=S(=O)(CC1CCCCN1)NCCCn1ccnc1. The van der Waals surface area contributed by atoms with Gasteiger partial charge in [0, 0.05) is 31.5 Å². The molecule has 1 aromatic heterocycles.